The molecule has 1 N–H and O–H groups in total. The standard InChI is InChI=1S/C16H20N2O3/c1-16(8-15(19)18-17-10-16)12-5-6-13(14(7-12)20-2)21-9-11-3-4-11/h5-7,10-11H,3-4,8-9H2,1-2H3,(H,18,19). The van der Waals surface area contributed by atoms with Gasteiger partial charge in [-0.15, -0.1) is 0 Å². The molecule has 2 aliphatic rings. The number of benzene rings is 1. The van der Waals surface area contributed by atoms with Gasteiger partial charge in [-0.25, -0.2) is 5.43 Å². The van der Waals surface area contributed by atoms with E-state index in [1.807, 2.05) is 25.1 Å². The van der Waals surface area contributed by atoms with Crippen LogP contribution in [-0.2, 0) is 10.2 Å². The van der Waals surface area contributed by atoms with Gasteiger partial charge in [-0.1, -0.05) is 6.07 Å². The van der Waals surface area contributed by atoms with E-state index in [-0.39, 0.29) is 5.91 Å². The lowest BCUT2D eigenvalue weighted by Crippen LogP contribution is -2.37. The summed E-state index contributed by atoms with van der Waals surface area (Å²) in [5.74, 6) is 2.08. The number of amides is 1. The Kier molecular flexibility index (Phi) is 3.57. The van der Waals surface area contributed by atoms with Crippen LogP contribution in [0.2, 0.25) is 0 Å². The number of hydrogen-bond acceptors (Lipinski definition) is 4. The fourth-order valence-electron chi connectivity index (χ4n) is 2.48. The van der Waals surface area contributed by atoms with Gasteiger partial charge in [0, 0.05) is 18.1 Å². The molecule has 1 fully saturated rings. The Hall–Kier alpha value is -2.04. The van der Waals surface area contributed by atoms with Gasteiger partial charge >= 0.3 is 0 Å². The quantitative estimate of drug-likeness (QED) is 0.904. The molecule has 1 aliphatic heterocycles. The van der Waals surface area contributed by atoms with Gasteiger partial charge in [0.25, 0.3) is 0 Å². The van der Waals surface area contributed by atoms with Gasteiger partial charge in [-0.2, -0.15) is 5.10 Å². The minimum absolute atomic E-state index is 0.0759. The number of carbonyl (C=O) groups excluding carboxylic acids is 1. The van der Waals surface area contributed by atoms with Crippen molar-refractivity contribution in [1.82, 2.24) is 5.43 Å². The lowest BCUT2D eigenvalue weighted by molar-refractivity contribution is -0.122. The molecule has 5 heteroatoms. The van der Waals surface area contributed by atoms with E-state index in [0.717, 1.165) is 17.9 Å². The fourth-order valence-corrected chi connectivity index (χ4v) is 2.48. The molecule has 112 valence electrons. The van der Waals surface area contributed by atoms with Gasteiger partial charge in [0.15, 0.2) is 11.5 Å². The third-order valence-electron chi connectivity index (χ3n) is 4.06. The van der Waals surface area contributed by atoms with Crippen LogP contribution >= 0.6 is 0 Å². The van der Waals surface area contributed by atoms with Crippen LogP contribution in [0.5, 0.6) is 11.5 Å². The summed E-state index contributed by atoms with van der Waals surface area (Å²) in [5.41, 5.74) is 3.05. The Morgan fingerprint density at radius 1 is 1.38 bits per heavy atom. The van der Waals surface area contributed by atoms with Crippen LogP contribution in [0, 0.1) is 5.92 Å². The van der Waals surface area contributed by atoms with Crippen LogP contribution < -0.4 is 14.9 Å². The molecule has 1 saturated carbocycles. The van der Waals surface area contributed by atoms with E-state index in [0.29, 0.717) is 18.1 Å². The summed E-state index contributed by atoms with van der Waals surface area (Å²) in [7, 11) is 1.63. The van der Waals surface area contributed by atoms with E-state index in [2.05, 4.69) is 10.5 Å². The van der Waals surface area contributed by atoms with E-state index in [9.17, 15) is 4.79 Å². The van der Waals surface area contributed by atoms with Crippen LogP contribution in [0.15, 0.2) is 23.3 Å². The molecule has 0 aromatic heterocycles. The average Bonchev–Trinajstić information content (AvgIpc) is 3.29. The molecule has 21 heavy (non-hydrogen) atoms. The van der Waals surface area contributed by atoms with Crippen molar-refractivity contribution in [2.45, 2.75) is 31.6 Å². The molecule has 0 spiro atoms. The number of nitrogens with zero attached hydrogens (tertiary/aromatic N) is 1. The number of nitrogens with one attached hydrogen (secondary N) is 1. The average molecular weight is 288 g/mol. The highest BCUT2D eigenvalue weighted by molar-refractivity contribution is 5.89. The number of hydrazone groups is 1. The number of ether oxygens (including phenoxy) is 2. The van der Waals surface area contributed by atoms with Crippen molar-refractivity contribution in [3.8, 4) is 11.5 Å². The predicted octanol–water partition coefficient (Wildman–Crippen LogP) is 2.25. The Labute approximate surface area is 124 Å². The summed E-state index contributed by atoms with van der Waals surface area (Å²) in [6.45, 7) is 2.74. The molecule has 1 unspecified atom stereocenters. The number of hydrogen-bond donors (Lipinski definition) is 1. The van der Waals surface area contributed by atoms with Gasteiger partial charge in [-0.05, 0) is 43.4 Å². The highest BCUT2D eigenvalue weighted by Crippen LogP contribution is 2.36. The molecule has 1 atom stereocenters. The second-order valence-electron chi connectivity index (χ2n) is 6.01. The third kappa shape index (κ3) is 3.01. The number of carbonyl (C=O) groups is 1. The molecule has 5 nitrogen and oxygen atoms in total. The molecule has 1 amide bonds. The smallest absolute Gasteiger partial charge is 0.241 e. The maximum Gasteiger partial charge on any atom is 0.241 e. The monoisotopic (exact) mass is 288 g/mol. The first kappa shape index (κ1) is 13.9. The van der Waals surface area contributed by atoms with E-state index >= 15 is 0 Å². The maximum absolute atomic E-state index is 11.6. The number of methoxy groups -OCH3 is 1. The Balaban J connectivity index is 1.84. The lowest BCUT2D eigenvalue weighted by atomic mass is 9.79. The van der Waals surface area contributed by atoms with E-state index in [1.165, 1.54) is 12.8 Å². The van der Waals surface area contributed by atoms with Gasteiger partial charge < -0.3 is 9.47 Å². The van der Waals surface area contributed by atoms with Gasteiger partial charge in [-0.3, -0.25) is 4.79 Å². The van der Waals surface area contributed by atoms with Crippen LogP contribution in [0.3, 0.4) is 0 Å². The minimum atomic E-state index is -0.412. The van der Waals surface area contributed by atoms with Crippen molar-refractivity contribution in [3.05, 3.63) is 23.8 Å². The highest BCUT2D eigenvalue weighted by Gasteiger charge is 2.31. The summed E-state index contributed by atoms with van der Waals surface area (Å²) in [5, 5.41) is 3.94. The largest absolute Gasteiger partial charge is 0.493 e. The second kappa shape index (κ2) is 5.39. The SMILES string of the molecule is COc1cc(C2(C)C=NNC(=O)C2)ccc1OCC1CC1. The summed E-state index contributed by atoms with van der Waals surface area (Å²) >= 11 is 0. The van der Waals surface area contributed by atoms with Gasteiger partial charge in [0.05, 0.1) is 13.7 Å². The molecule has 3 rings (SSSR count). The van der Waals surface area contributed by atoms with Crippen molar-refractivity contribution in [2.75, 3.05) is 13.7 Å². The van der Waals surface area contributed by atoms with Crippen molar-refractivity contribution >= 4 is 12.1 Å². The highest BCUT2D eigenvalue weighted by atomic mass is 16.5. The Morgan fingerprint density at radius 2 is 2.19 bits per heavy atom. The van der Waals surface area contributed by atoms with Crippen molar-refractivity contribution in [1.29, 1.82) is 0 Å². The third-order valence-corrected chi connectivity index (χ3v) is 4.06. The topological polar surface area (TPSA) is 59.9 Å². The summed E-state index contributed by atoms with van der Waals surface area (Å²) in [6, 6.07) is 5.84. The van der Waals surface area contributed by atoms with E-state index in [4.69, 9.17) is 9.47 Å². The summed E-state index contributed by atoms with van der Waals surface area (Å²) < 4.78 is 11.2. The molecular weight excluding hydrogens is 268 g/mol. The van der Waals surface area contributed by atoms with Crippen molar-refractivity contribution < 1.29 is 14.3 Å². The zero-order valence-electron chi connectivity index (χ0n) is 12.4. The maximum atomic E-state index is 11.6. The van der Waals surface area contributed by atoms with Crippen LogP contribution in [0.1, 0.15) is 31.7 Å². The lowest BCUT2D eigenvalue weighted by Gasteiger charge is -2.28. The minimum Gasteiger partial charge on any atom is -0.493 e. The van der Waals surface area contributed by atoms with Crippen LogP contribution in [0.4, 0.5) is 0 Å². The molecule has 1 heterocycles. The number of rotatable bonds is 5. The van der Waals surface area contributed by atoms with Crippen molar-refractivity contribution in [2.24, 2.45) is 11.0 Å². The molecular formula is C16H20N2O3. The first-order chi connectivity index (χ1) is 10.1. The van der Waals surface area contributed by atoms with Crippen LogP contribution in [-0.4, -0.2) is 25.8 Å². The molecule has 0 bridgehead atoms. The zero-order chi connectivity index (χ0) is 14.9. The molecule has 1 aromatic rings. The van der Waals surface area contributed by atoms with Gasteiger partial charge in [0.2, 0.25) is 5.91 Å². The summed E-state index contributed by atoms with van der Waals surface area (Å²) in [6.07, 6.45) is 4.66. The summed E-state index contributed by atoms with van der Waals surface area (Å²) in [4.78, 5) is 11.6. The van der Waals surface area contributed by atoms with Gasteiger partial charge in [0.1, 0.15) is 0 Å². The predicted molar refractivity (Wildman–Crippen MR) is 79.8 cm³/mol. The first-order valence-electron chi connectivity index (χ1n) is 7.25. The first-order valence-corrected chi connectivity index (χ1v) is 7.25. The Bertz CT molecular complexity index is 581. The molecule has 1 aromatic carbocycles. The molecule has 0 radical (unpaired) electrons. The molecule has 1 aliphatic carbocycles. The Morgan fingerprint density at radius 3 is 2.86 bits per heavy atom. The van der Waals surface area contributed by atoms with E-state index in [1.54, 1.807) is 13.3 Å². The van der Waals surface area contributed by atoms with Crippen LogP contribution in [0.25, 0.3) is 0 Å². The molecule has 0 saturated heterocycles. The van der Waals surface area contributed by atoms with Crippen molar-refractivity contribution in [3.63, 3.8) is 0 Å². The van der Waals surface area contributed by atoms with E-state index < -0.39 is 5.41 Å². The zero-order valence-corrected chi connectivity index (χ0v) is 12.4. The second-order valence-corrected chi connectivity index (χ2v) is 6.01. The normalized spacial score (nSPS) is 24.6. The fraction of sp³-hybridized carbons (Fsp3) is 0.500.